The monoisotopic (exact) mass is 479 g/mol. The standard InChI is InChI=1S/C30H29N3OS/c1-15(2)24-13-22-19-7-6-18-12-27(35-29(18)20(19)9-10-23(22)31-24)17-5-8-21-26(11-17)34-14-25-28(21)33-30(32-25)16(3)4/h5-8,11-12,15-16H,9-10,13-14H2,1-4H3,(H,32,33). The third kappa shape index (κ3) is 3.24. The van der Waals surface area contributed by atoms with Gasteiger partial charge in [-0.05, 0) is 64.6 Å². The minimum Gasteiger partial charge on any atom is -0.487 e. The zero-order valence-electron chi connectivity index (χ0n) is 20.7. The second-order valence-corrected chi connectivity index (χ2v) is 11.6. The van der Waals surface area contributed by atoms with Gasteiger partial charge in [0.15, 0.2) is 0 Å². The van der Waals surface area contributed by atoms with Crippen LogP contribution >= 0.6 is 11.3 Å². The van der Waals surface area contributed by atoms with E-state index in [0.717, 1.165) is 47.8 Å². The summed E-state index contributed by atoms with van der Waals surface area (Å²) in [6.07, 6.45) is 3.15. The van der Waals surface area contributed by atoms with Crippen molar-refractivity contribution in [3.63, 3.8) is 0 Å². The molecule has 3 aliphatic rings. The van der Waals surface area contributed by atoms with Crippen molar-refractivity contribution in [2.75, 3.05) is 0 Å². The van der Waals surface area contributed by atoms with Gasteiger partial charge >= 0.3 is 0 Å². The molecule has 1 N–H and O–H groups in total. The van der Waals surface area contributed by atoms with Crippen LogP contribution in [-0.2, 0) is 13.0 Å². The summed E-state index contributed by atoms with van der Waals surface area (Å²) in [5.41, 5.74) is 11.5. The van der Waals surface area contributed by atoms with Gasteiger partial charge in [-0.3, -0.25) is 4.99 Å². The van der Waals surface area contributed by atoms with Crippen LogP contribution in [0.1, 0.15) is 69.1 Å². The molecule has 0 unspecified atom stereocenters. The van der Waals surface area contributed by atoms with E-state index in [0.29, 0.717) is 18.4 Å². The number of nitrogens with one attached hydrogen (secondary N) is 1. The number of nitrogens with zero attached hydrogens (tertiary/aromatic N) is 2. The number of ether oxygens (including phenoxy) is 1. The maximum atomic E-state index is 6.16. The lowest BCUT2D eigenvalue weighted by Gasteiger charge is -2.18. The molecule has 2 aromatic heterocycles. The Hall–Kier alpha value is -3.18. The van der Waals surface area contributed by atoms with E-state index in [1.54, 1.807) is 0 Å². The Morgan fingerprint density at radius 3 is 2.66 bits per heavy atom. The molecule has 176 valence electrons. The van der Waals surface area contributed by atoms with E-state index in [1.165, 1.54) is 48.6 Å². The Labute approximate surface area is 209 Å². The van der Waals surface area contributed by atoms with Gasteiger partial charge in [-0.2, -0.15) is 0 Å². The number of fused-ring (bicyclic) bond motifs is 7. The van der Waals surface area contributed by atoms with Crippen LogP contribution in [0, 0.1) is 5.92 Å². The minimum absolute atomic E-state index is 0.368. The number of aliphatic imine (C=N–C) groups is 1. The first kappa shape index (κ1) is 21.1. The Bertz CT molecular complexity index is 1580. The molecule has 2 aliphatic heterocycles. The van der Waals surface area contributed by atoms with Gasteiger partial charge in [-0.25, -0.2) is 4.98 Å². The Morgan fingerprint density at radius 2 is 1.83 bits per heavy atom. The Kier molecular flexibility index (Phi) is 4.62. The minimum atomic E-state index is 0.368. The summed E-state index contributed by atoms with van der Waals surface area (Å²) in [6.45, 7) is 9.38. The number of allylic oxidation sites excluding steroid dienone is 2. The van der Waals surface area contributed by atoms with E-state index < -0.39 is 0 Å². The summed E-state index contributed by atoms with van der Waals surface area (Å²) in [5.74, 6) is 2.83. The Balaban J connectivity index is 1.26. The summed E-state index contributed by atoms with van der Waals surface area (Å²) in [7, 11) is 0. The summed E-state index contributed by atoms with van der Waals surface area (Å²) < 4.78 is 7.59. The number of benzene rings is 2. The van der Waals surface area contributed by atoms with Crippen LogP contribution in [-0.4, -0.2) is 15.7 Å². The van der Waals surface area contributed by atoms with E-state index in [1.807, 2.05) is 11.3 Å². The quantitative estimate of drug-likeness (QED) is 0.322. The molecular formula is C30H29N3OS. The van der Waals surface area contributed by atoms with Gasteiger partial charge < -0.3 is 9.72 Å². The van der Waals surface area contributed by atoms with E-state index in [4.69, 9.17) is 14.7 Å². The van der Waals surface area contributed by atoms with Crippen LogP contribution in [0.5, 0.6) is 5.75 Å². The fraction of sp³-hybridized carbons (Fsp3) is 0.333. The van der Waals surface area contributed by atoms with Crippen molar-refractivity contribution in [3.05, 3.63) is 64.7 Å². The van der Waals surface area contributed by atoms with Crippen molar-refractivity contribution in [2.45, 2.75) is 59.5 Å². The highest BCUT2D eigenvalue weighted by Gasteiger charge is 2.28. The number of hydrogen-bond acceptors (Lipinski definition) is 4. The highest BCUT2D eigenvalue weighted by atomic mass is 32.1. The molecule has 4 heterocycles. The SMILES string of the molecule is CC(C)C1=NC2=C(C1)c1ccc3cc(-c4ccc5c(c4)OCc4[nH]c(C(C)C)nc4-5)sc3c1CC2. The van der Waals surface area contributed by atoms with Crippen LogP contribution in [0.4, 0.5) is 0 Å². The molecular weight excluding hydrogens is 450 g/mol. The maximum absolute atomic E-state index is 6.16. The number of hydrogen-bond donors (Lipinski definition) is 1. The maximum Gasteiger partial charge on any atom is 0.130 e. The lowest BCUT2D eigenvalue weighted by molar-refractivity contribution is 0.298. The van der Waals surface area contributed by atoms with Gasteiger partial charge in [-0.15, -0.1) is 11.3 Å². The van der Waals surface area contributed by atoms with Crippen molar-refractivity contribution in [2.24, 2.45) is 10.9 Å². The van der Waals surface area contributed by atoms with Gasteiger partial charge in [-0.1, -0.05) is 45.9 Å². The lowest BCUT2D eigenvalue weighted by Crippen LogP contribution is -2.05. The molecule has 1 aliphatic carbocycles. The molecule has 0 fully saturated rings. The molecule has 2 aromatic carbocycles. The Morgan fingerprint density at radius 1 is 0.971 bits per heavy atom. The second kappa shape index (κ2) is 7.66. The number of thiophene rings is 1. The number of aromatic nitrogens is 2. The number of rotatable bonds is 3. The van der Waals surface area contributed by atoms with Crippen LogP contribution in [0.3, 0.4) is 0 Å². The van der Waals surface area contributed by atoms with Crippen LogP contribution in [0.25, 0.3) is 37.4 Å². The lowest BCUT2D eigenvalue weighted by atomic mass is 9.86. The first-order valence-corrected chi connectivity index (χ1v) is 13.5. The third-order valence-electron chi connectivity index (χ3n) is 7.61. The third-order valence-corrected chi connectivity index (χ3v) is 8.87. The summed E-state index contributed by atoms with van der Waals surface area (Å²) in [6, 6.07) is 13.6. The van der Waals surface area contributed by atoms with Crippen LogP contribution < -0.4 is 4.74 Å². The van der Waals surface area contributed by atoms with Gasteiger partial charge in [0.25, 0.3) is 0 Å². The summed E-state index contributed by atoms with van der Waals surface area (Å²) in [5, 5.41) is 1.34. The van der Waals surface area contributed by atoms with Gasteiger partial charge in [0, 0.05) is 38.9 Å². The fourth-order valence-electron chi connectivity index (χ4n) is 5.60. The zero-order valence-corrected chi connectivity index (χ0v) is 21.5. The average Bonchev–Trinajstić information content (AvgIpc) is 3.59. The van der Waals surface area contributed by atoms with E-state index in [2.05, 4.69) is 69.1 Å². The number of imidazole rings is 1. The molecule has 5 heteroatoms. The molecule has 0 atom stereocenters. The molecule has 4 aromatic rings. The van der Waals surface area contributed by atoms with Crippen molar-refractivity contribution in [1.82, 2.24) is 9.97 Å². The topological polar surface area (TPSA) is 50.3 Å². The molecule has 0 saturated heterocycles. The zero-order chi connectivity index (χ0) is 23.8. The van der Waals surface area contributed by atoms with Gasteiger partial charge in [0.05, 0.1) is 11.4 Å². The summed E-state index contributed by atoms with van der Waals surface area (Å²) in [4.78, 5) is 14.6. The van der Waals surface area contributed by atoms with Gasteiger partial charge in [0.2, 0.25) is 0 Å². The highest BCUT2D eigenvalue weighted by Crippen LogP contribution is 2.46. The molecule has 0 bridgehead atoms. The van der Waals surface area contributed by atoms with Crippen molar-refractivity contribution in [1.29, 1.82) is 0 Å². The predicted molar refractivity (Wildman–Crippen MR) is 145 cm³/mol. The number of H-pyrrole nitrogens is 1. The number of aryl methyl sites for hydroxylation is 1. The molecule has 4 nitrogen and oxygen atoms in total. The van der Waals surface area contributed by atoms with Crippen molar-refractivity contribution < 1.29 is 4.74 Å². The van der Waals surface area contributed by atoms with Crippen LogP contribution in [0.2, 0.25) is 0 Å². The first-order chi connectivity index (χ1) is 17.0. The largest absolute Gasteiger partial charge is 0.487 e. The second-order valence-electron chi connectivity index (χ2n) is 10.6. The highest BCUT2D eigenvalue weighted by molar-refractivity contribution is 7.22. The normalized spacial score (nSPS) is 16.3. The molecule has 0 amide bonds. The van der Waals surface area contributed by atoms with E-state index >= 15 is 0 Å². The van der Waals surface area contributed by atoms with Gasteiger partial charge in [0.1, 0.15) is 18.2 Å². The van der Waals surface area contributed by atoms with Crippen LogP contribution in [0.15, 0.2) is 47.1 Å². The molecule has 0 radical (unpaired) electrons. The average molecular weight is 480 g/mol. The molecule has 0 saturated carbocycles. The van der Waals surface area contributed by atoms with E-state index in [-0.39, 0.29) is 0 Å². The molecule has 35 heavy (non-hydrogen) atoms. The van der Waals surface area contributed by atoms with Crippen molar-refractivity contribution >= 4 is 32.7 Å². The fourth-order valence-corrected chi connectivity index (χ4v) is 6.83. The molecule has 0 spiro atoms. The first-order valence-electron chi connectivity index (χ1n) is 12.7. The number of aromatic amines is 1. The predicted octanol–water partition coefficient (Wildman–Crippen LogP) is 8.13. The molecule has 7 rings (SSSR count). The van der Waals surface area contributed by atoms with Crippen molar-refractivity contribution in [3.8, 4) is 27.4 Å². The smallest absolute Gasteiger partial charge is 0.130 e. The summed E-state index contributed by atoms with van der Waals surface area (Å²) >= 11 is 1.91. The van der Waals surface area contributed by atoms with E-state index in [9.17, 15) is 0 Å².